The number of aryl methyl sites for hydroxylation is 1. The van der Waals surface area contributed by atoms with Crippen LogP contribution >= 0.6 is 0 Å². The minimum atomic E-state index is -3.68. The van der Waals surface area contributed by atoms with Crippen molar-refractivity contribution in [3.05, 3.63) is 64.3 Å². The van der Waals surface area contributed by atoms with Gasteiger partial charge >= 0.3 is 5.69 Å². The van der Waals surface area contributed by atoms with Gasteiger partial charge in [-0.3, -0.25) is 4.57 Å². The molecule has 0 atom stereocenters. The largest absolute Gasteiger partial charge is 0.326 e. The Morgan fingerprint density at radius 3 is 2.52 bits per heavy atom. The van der Waals surface area contributed by atoms with Gasteiger partial charge in [-0.2, -0.15) is 4.31 Å². The number of aromatic amines is 1. The number of para-hydroxylation sites is 2. The molecule has 1 aliphatic rings. The molecule has 2 aromatic carbocycles. The van der Waals surface area contributed by atoms with Gasteiger partial charge in [0.25, 0.3) is 0 Å². The summed E-state index contributed by atoms with van der Waals surface area (Å²) < 4.78 is 42.3. The van der Waals surface area contributed by atoms with Gasteiger partial charge in [0, 0.05) is 19.1 Å². The molecule has 1 aromatic heterocycles. The van der Waals surface area contributed by atoms with Gasteiger partial charge in [0.15, 0.2) is 0 Å². The van der Waals surface area contributed by atoms with Gasteiger partial charge in [0.1, 0.15) is 5.82 Å². The van der Waals surface area contributed by atoms with E-state index in [9.17, 15) is 17.6 Å². The lowest BCUT2D eigenvalue weighted by Crippen LogP contribution is -2.40. The monoisotopic (exact) mass is 389 g/mol. The third-order valence-corrected chi connectivity index (χ3v) is 7.23. The smallest absolute Gasteiger partial charge is 0.306 e. The summed E-state index contributed by atoms with van der Waals surface area (Å²) >= 11 is 0. The van der Waals surface area contributed by atoms with E-state index in [1.54, 1.807) is 11.5 Å². The highest BCUT2D eigenvalue weighted by Crippen LogP contribution is 2.29. The standard InChI is InChI=1S/C19H20FN3O3S/c1-13-12-14(20)6-7-18(13)27(25,26)22-10-8-15(9-11-22)23-17-5-3-2-4-16(17)21-19(23)24/h2-7,12,15H,8-11H2,1H3,(H,21,24). The Morgan fingerprint density at radius 1 is 1.11 bits per heavy atom. The second-order valence-corrected chi connectivity index (χ2v) is 8.77. The van der Waals surface area contributed by atoms with E-state index in [-0.39, 0.29) is 16.6 Å². The van der Waals surface area contributed by atoms with Crippen LogP contribution in [-0.2, 0) is 10.0 Å². The van der Waals surface area contributed by atoms with Crippen molar-refractivity contribution in [3.8, 4) is 0 Å². The Kier molecular flexibility index (Phi) is 4.39. The van der Waals surface area contributed by atoms with Crippen LogP contribution in [0.4, 0.5) is 4.39 Å². The summed E-state index contributed by atoms with van der Waals surface area (Å²) in [5.41, 5.74) is 1.83. The molecule has 4 rings (SSSR count). The van der Waals surface area contributed by atoms with Crippen LogP contribution in [0.15, 0.2) is 52.2 Å². The minimum Gasteiger partial charge on any atom is -0.306 e. The van der Waals surface area contributed by atoms with Gasteiger partial charge in [0.2, 0.25) is 10.0 Å². The lowest BCUT2D eigenvalue weighted by atomic mass is 10.1. The second-order valence-electron chi connectivity index (χ2n) is 6.86. The van der Waals surface area contributed by atoms with Crippen LogP contribution in [-0.4, -0.2) is 35.4 Å². The third-order valence-electron chi connectivity index (χ3n) is 5.17. The first-order chi connectivity index (χ1) is 12.9. The highest BCUT2D eigenvalue weighted by Gasteiger charge is 2.32. The Labute approximate surface area is 156 Å². The molecule has 1 saturated heterocycles. The first-order valence-corrected chi connectivity index (χ1v) is 10.3. The van der Waals surface area contributed by atoms with E-state index < -0.39 is 15.8 Å². The zero-order valence-electron chi connectivity index (χ0n) is 14.9. The Morgan fingerprint density at radius 2 is 1.81 bits per heavy atom. The highest BCUT2D eigenvalue weighted by molar-refractivity contribution is 7.89. The first kappa shape index (κ1) is 17.9. The molecule has 6 nitrogen and oxygen atoms in total. The van der Waals surface area contributed by atoms with Crippen molar-refractivity contribution in [2.75, 3.05) is 13.1 Å². The van der Waals surface area contributed by atoms with Crippen LogP contribution in [0.5, 0.6) is 0 Å². The summed E-state index contributed by atoms with van der Waals surface area (Å²) in [5, 5.41) is 0. The molecule has 0 bridgehead atoms. The Balaban J connectivity index is 1.58. The van der Waals surface area contributed by atoms with Crippen molar-refractivity contribution in [2.24, 2.45) is 0 Å². The molecular weight excluding hydrogens is 369 g/mol. The SMILES string of the molecule is Cc1cc(F)ccc1S(=O)(=O)N1CCC(n2c(=O)[nH]c3ccccc32)CC1. The van der Waals surface area contributed by atoms with Gasteiger partial charge in [-0.15, -0.1) is 0 Å². The molecule has 142 valence electrons. The topological polar surface area (TPSA) is 75.2 Å². The lowest BCUT2D eigenvalue weighted by molar-refractivity contribution is 0.274. The molecule has 0 radical (unpaired) electrons. The lowest BCUT2D eigenvalue weighted by Gasteiger charge is -2.32. The molecule has 1 aliphatic heterocycles. The summed E-state index contributed by atoms with van der Waals surface area (Å²) in [5.74, 6) is -0.455. The van der Waals surface area contributed by atoms with Crippen molar-refractivity contribution in [2.45, 2.75) is 30.7 Å². The molecule has 2 heterocycles. The van der Waals surface area contributed by atoms with Crippen molar-refractivity contribution in [3.63, 3.8) is 0 Å². The molecule has 0 unspecified atom stereocenters. The number of benzene rings is 2. The van der Waals surface area contributed by atoms with E-state index in [0.717, 1.165) is 17.1 Å². The zero-order valence-corrected chi connectivity index (χ0v) is 15.7. The predicted molar refractivity (Wildman–Crippen MR) is 101 cm³/mol. The number of rotatable bonds is 3. The number of H-pyrrole nitrogens is 1. The van der Waals surface area contributed by atoms with E-state index in [2.05, 4.69) is 4.98 Å². The maximum atomic E-state index is 13.3. The highest BCUT2D eigenvalue weighted by atomic mass is 32.2. The van der Waals surface area contributed by atoms with Crippen LogP contribution in [0.1, 0.15) is 24.4 Å². The van der Waals surface area contributed by atoms with Crippen LogP contribution in [0.25, 0.3) is 11.0 Å². The molecule has 1 N–H and O–H groups in total. The van der Waals surface area contributed by atoms with E-state index >= 15 is 0 Å². The van der Waals surface area contributed by atoms with E-state index in [4.69, 9.17) is 0 Å². The van der Waals surface area contributed by atoms with Crippen molar-refractivity contribution < 1.29 is 12.8 Å². The van der Waals surface area contributed by atoms with E-state index in [1.807, 2.05) is 24.3 Å². The number of aromatic nitrogens is 2. The molecule has 0 spiro atoms. The van der Waals surface area contributed by atoms with Crippen LogP contribution in [0.2, 0.25) is 0 Å². The summed E-state index contributed by atoms with van der Waals surface area (Å²) in [7, 11) is -3.68. The van der Waals surface area contributed by atoms with Crippen LogP contribution in [0.3, 0.4) is 0 Å². The fraction of sp³-hybridized carbons (Fsp3) is 0.316. The van der Waals surface area contributed by atoms with Gasteiger partial charge in [-0.05, 0) is 55.7 Å². The third kappa shape index (κ3) is 3.08. The van der Waals surface area contributed by atoms with Gasteiger partial charge in [-0.25, -0.2) is 17.6 Å². The quantitative estimate of drug-likeness (QED) is 0.748. The van der Waals surface area contributed by atoms with E-state index in [0.29, 0.717) is 31.5 Å². The molecular formula is C19H20FN3O3S. The number of hydrogen-bond donors (Lipinski definition) is 1. The van der Waals surface area contributed by atoms with Crippen LogP contribution < -0.4 is 5.69 Å². The molecule has 8 heteroatoms. The summed E-state index contributed by atoms with van der Waals surface area (Å²) in [6.07, 6.45) is 1.09. The molecule has 0 amide bonds. The van der Waals surface area contributed by atoms with Crippen molar-refractivity contribution >= 4 is 21.1 Å². The maximum absolute atomic E-state index is 13.3. The number of fused-ring (bicyclic) bond motifs is 1. The number of halogens is 1. The fourth-order valence-electron chi connectivity index (χ4n) is 3.82. The number of piperidine rings is 1. The zero-order chi connectivity index (χ0) is 19.2. The molecule has 3 aromatic rings. The normalized spacial score (nSPS) is 16.8. The Hall–Kier alpha value is -2.45. The van der Waals surface area contributed by atoms with Gasteiger partial charge in [-0.1, -0.05) is 12.1 Å². The minimum absolute atomic E-state index is 0.0607. The van der Waals surface area contributed by atoms with Crippen molar-refractivity contribution in [1.82, 2.24) is 13.9 Å². The van der Waals surface area contributed by atoms with Crippen molar-refractivity contribution in [1.29, 1.82) is 0 Å². The predicted octanol–water partition coefficient (Wildman–Crippen LogP) is 2.80. The Bertz CT molecular complexity index is 1160. The summed E-state index contributed by atoms with van der Waals surface area (Å²) in [6.45, 7) is 2.22. The summed E-state index contributed by atoms with van der Waals surface area (Å²) in [6, 6.07) is 11.1. The van der Waals surface area contributed by atoms with Gasteiger partial charge < -0.3 is 4.98 Å². The first-order valence-electron chi connectivity index (χ1n) is 8.83. The van der Waals surface area contributed by atoms with E-state index in [1.165, 1.54) is 16.4 Å². The molecule has 27 heavy (non-hydrogen) atoms. The number of imidazole rings is 1. The second kappa shape index (κ2) is 6.61. The molecule has 1 fully saturated rings. The number of nitrogens with one attached hydrogen (secondary N) is 1. The van der Waals surface area contributed by atoms with Crippen LogP contribution in [0, 0.1) is 12.7 Å². The van der Waals surface area contributed by atoms with Gasteiger partial charge in [0.05, 0.1) is 15.9 Å². The number of nitrogens with zero attached hydrogens (tertiary/aromatic N) is 2. The average Bonchev–Trinajstić information content (AvgIpc) is 2.97. The molecule has 0 aliphatic carbocycles. The number of hydrogen-bond acceptors (Lipinski definition) is 3. The summed E-state index contributed by atoms with van der Waals surface area (Å²) in [4.78, 5) is 15.3. The fourth-order valence-corrected chi connectivity index (χ4v) is 5.49. The number of sulfonamides is 1. The average molecular weight is 389 g/mol. The maximum Gasteiger partial charge on any atom is 0.326 e. The molecule has 0 saturated carbocycles.